The van der Waals surface area contributed by atoms with Gasteiger partial charge in [-0.3, -0.25) is 10.1 Å². The van der Waals surface area contributed by atoms with Gasteiger partial charge < -0.3 is 4.42 Å². The van der Waals surface area contributed by atoms with Crippen LogP contribution in [0.4, 0.5) is 6.01 Å². The number of carbonyl (C=O) groups excluding carboxylic acids is 1. The second kappa shape index (κ2) is 6.72. The molecule has 0 aliphatic rings. The molecule has 26 heavy (non-hydrogen) atoms. The molecule has 0 atom stereocenters. The molecule has 0 spiro atoms. The Morgan fingerprint density at radius 1 is 1.04 bits per heavy atom. The fraction of sp³-hybridized carbons (Fsp3) is 0.167. The van der Waals surface area contributed by atoms with Gasteiger partial charge in [0.2, 0.25) is 5.89 Å². The number of anilines is 1. The lowest BCUT2D eigenvalue weighted by Crippen LogP contribution is -2.12. The molecule has 1 N–H and O–H groups in total. The van der Waals surface area contributed by atoms with Crippen molar-refractivity contribution in [2.45, 2.75) is 18.7 Å². The fourth-order valence-electron chi connectivity index (χ4n) is 2.46. The summed E-state index contributed by atoms with van der Waals surface area (Å²) in [7, 11) is -3.31. The number of sulfone groups is 1. The third-order valence-electron chi connectivity index (χ3n) is 3.80. The van der Waals surface area contributed by atoms with Crippen molar-refractivity contribution in [1.82, 2.24) is 10.2 Å². The van der Waals surface area contributed by atoms with E-state index in [-0.39, 0.29) is 16.5 Å². The maximum Gasteiger partial charge on any atom is 0.322 e. The maximum absolute atomic E-state index is 12.2. The average molecular weight is 371 g/mol. The summed E-state index contributed by atoms with van der Waals surface area (Å²) in [5, 5.41) is 10.3. The topological polar surface area (TPSA) is 102 Å². The van der Waals surface area contributed by atoms with Crippen LogP contribution in [0.1, 0.15) is 21.5 Å². The standard InChI is InChI=1S/C18H17N3O4S/c1-11-4-9-15(12(2)10-11)17-20-21-18(25-17)19-16(22)13-5-7-14(8-6-13)26(3,23)24/h4-10H,1-3H3,(H,19,21,22). The summed E-state index contributed by atoms with van der Waals surface area (Å²) < 4.78 is 28.4. The highest BCUT2D eigenvalue weighted by atomic mass is 32.2. The van der Waals surface area contributed by atoms with Crippen LogP contribution in [-0.4, -0.2) is 30.8 Å². The fourth-order valence-corrected chi connectivity index (χ4v) is 3.09. The van der Waals surface area contributed by atoms with Crippen LogP contribution in [-0.2, 0) is 9.84 Å². The van der Waals surface area contributed by atoms with Crippen molar-refractivity contribution in [2.24, 2.45) is 0 Å². The normalized spacial score (nSPS) is 11.3. The van der Waals surface area contributed by atoms with Gasteiger partial charge in [-0.05, 0) is 49.7 Å². The van der Waals surface area contributed by atoms with Crippen LogP contribution in [0.5, 0.6) is 0 Å². The molecule has 0 saturated carbocycles. The largest absolute Gasteiger partial charge is 0.403 e. The second-order valence-electron chi connectivity index (χ2n) is 5.98. The van der Waals surface area contributed by atoms with Gasteiger partial charge in [0.15, 0.2) is 9.84 Å². The van der Waals surface area contributed by atoms with Gasteiger partial charge in [0.05, 0.1) is 4.90 Å². The summed E-state index contributed by atoms with van der Waals surface area (Å²) in [5.74, 6) is -0.161. The number of benzene rings is 2. The van der Waals surface area contributed by atoms with Crippen LogP contribution in [0.25, 0.3) is 11.5 Å². The Labute approximate surface area is 151 Å². The van der Waals surface area contributed by atoms with E-state index >= 15 is 0 Å². The van der Waals surface area contributed by atoms with E-state index in [9.17, 15) is 13.2 Å². The van der Waals surface area contributed by atoms with Gasteiger partial charge in [-0.15, -0.1) is 5.10 Å². The molecule has 0 bridgehead atoms. The number of hydrogen-bond donors (Lipinski definition) is 1. The van der Waals surface area contributed by atoms with E-state index in [1.807, 2.05) is 32.0 Å². The predicted octanol–water partition coefficient (Wildman–Crippen LogP) is 3.01. The van der Waals surface area contributed by atoms with E-state index in [0.717, 1.165) is 22.9 Å². The smallest absolute Gasteiger partial charge is 0.322 e. The van der Waals surface area contributed by atoms with E-state index in [4.69, 9.17) is 4.42 Å². The van der Waals surface area contributed by atoms with Crippen LogP contribution >= 0.6 is 0 Å². The van der Waals surface area contributed by atoms with E-state index in [1.54, 1.807) is 0 Å². The molecule has 0 aliphatic heterocycles. The van der Waals surface area contributed by atoms with Gasteiger partial charge in [-0.1, -0.05) is 22.8 Å². The third-order valence-corrected chi connectivity index (χ3v) is 4.93. The number of rotatable bonds is 4. The Morgan fingerprint density at radius 2 is 1.73 bits per heavy atom. The van der Waals surface area contributed by atoms with Crippen LogP contribution in [0.2, 0.25) is 0 Å². The van der Waals surface area contributed by atoms with E-state index in [0.29, 0.717) is 5.89 Å². The molecule has 0 radical (unpaired) electrons. The summed E-state index contributed by atoms with van der Waals surface area (Å²) in [6, 6.07) is 11.4. The Morgan fingerprint density at radius 3 is 2.35 bits per heavy atom. The lowest BCUT2D eigenvalue weighted by Gasteiger charge is -2.03. The van der Waals surface area contributed by atoms with Crippen molar-refractivity contribution < 1.29 is 17.6 Å². The van der Waals surface area contributed by atoms with Crippen LogP contribution < -0.4 is 5.32 Å². The van der Waals surface area contributed by atoms with Gasteiger partial charge in [0.25, 0.3) is 5.91 Å². The minimum Gasteiger partial charge on any atom is -0.403 e. The molecular formula is C18H17N3O4S. The lowest BCUT2D eigenvalue weighted by molar-refractivity contribution is 0.102. The highest BCUT2D eigenvalue weighted by Crippen LogP contribution is 2.24. The van der Waals surface area contributed by atoms with E-state index in [2.05, 4.69) is 15.5 Å². The molecular weight excluding hydrogens is 354 g/mol. The predicted molar refractivity (Wildman–Crippen MR) is 96.7 cm³/mol. The van der Waals surface area contributed by atoms with Gasteiger partial charge in [-0.2, -0.15) is 0 Å². The van der Waals surface area contributed by atoms with Crippen LogP contribution in [0, 0.1) is 13.8 Å². The van der Waals surface area contributed by atoms with Crippen LogP contribution in [0.3, 0.4) is 0 Å². The van der Waals surface area contributed by atoms with Crippen molar-refractivity contribution in [3.8, 4) is 11.5 Å². The second-order valence-corrected chi connectivity index (χ2v) is 8.00. The van der Waals surface area contributed by atoms with Crippen molar-refractivity contribution in [3.05, 3.63) is 59.2 Å². The monoisotopic (exact) mass is 371 g/mol. The first-order valence-electron chi connectivity index (χ1n) is 7.76. The molecule has 1 amide bonds. The van der Waals surface area contributed by atoms with Crippen molar-refractivity contribution in [2.75, 3.05) is 11.6 Å². The molecule has 0 fully saturated rings. The zero-order valence-corrected chi connectivity index (χ0v) is 15.3. The molecule has 134 valence electrons. The average Bonchev–Trinajstić information content (AvgIpc) is 3.02. The third kappa shape index (κ3) is 3.80. The Balaban J connectivity index is 1.77. The highest BCUT2D eigenvalue weighted by molar-refractivity contribution is 7.90. The Hall–Kier alpha value is -3.00. The molecule has 0 aliphatic carbocycles. The summed E-state index contributed by atoms with van der Waals surface area (Å²) in [6.45, 7) is 3.93. The molecule has 8 heteroatoms. The van der Waals surface area contributed by atoms with E-state index in [1.165, 1.54) is 24.3 Å². The molecule has 3 aromatic rings. The lowest BCUT2D eigenvalue weighted by atomic mass is 10.1. The number of aromatic nitrogens is 2. The van der Waals surface area contributed by atoms with Gasteiger partial charge in [-0.25, -0.2) is 8.42 Å². The van der Waals surface area contributed by atoms with Gasteiger partial charge in [0, 0.05) is 17.4 Å². The first-order valence-corrected chi connectivity index (χ1v) is 9.66. The minimum atomic E-state index is -3.31. The zero-order chi connectivity index (χ0) is 18.9. The Kier molecular flexibility index (Phi) is 4.60. The maximum atomic E-state index is 12.2. The molecule has 0 unspecified atom stereocenters. The van der Waals surface area contributed by atoms with E-state index < -0.39 is 15.7 Å². The molecule has 2 aromatic carbocycles. The van der Waals surface area contributed by atoms with Gasteiger partial charge >= 0.3 is 6.01 Å². The van der Waals surface area contributed by atoms with Gasteiger partial charge in [0.1, 0.15) is 0 Å². The zero-order valence-electron chi connectivity index (χ0n) is 14.5. The molecule has 0 saturated heterocycles. The SMILES string of the molecule is Cc1ccc(-c2nnc(NC(=O)c3ccc(S(C)(=O)=O)cc3)o2)c(C)c1. The quantitative estimate of drug-likeness (QED) is 0.756. The first kappa shape index (κ1) is 17.8. The number of nitrogens with zero attached hydrogens (tertiary/aromatic N) is 2. The summed E-state index contributed by atoms with van der Waals surface area (Å²) >= 11 is 0. The van der Waals surface area contributed by atoms with Crippen molar-refractivity contribution >= 4 is 21.8 Å². The number of hydrogen-bond acceptors (Lipinski definition) is 6. The van der Waals surface area contributed by atoms with Crippen LogP contribution in [0.15, 0.2) is 51.8 Å². The summed E-state index contributed by atoms with van der Waals surface area (Å²) in [6.07, 6.45) is 1.11. The molecule has 3 rings (SSSR count). The van der Waals surface area contributed by atoms with Crippen molar-refractivity contribution in [1.29, 1.82) is 0 Å². The Bertz CT molecular complexity index is 1070. The summed E-state index contributed by atoms with van der Waals surface area (Å²) in [5.41, 5.74) is 3.18. The summed E-state index contributed by atoms with van der Waals surface area (Å²) in [4.78, 5) is 12.4. The van der Waals surface area contributed by atoms with Crippen molar-refractivity contribution in [3.63, 3.8) is 0 Å². The number of aryl methyl sites for hydroxylation is 2. The molecule has 1 aromatic heterocycles. The minimum absolute atomic E-state index is 0.0304. The molecule has 7 nitrogen and oxygen atoms in total. The number of carbonyl (C=O) groups is 1. The molecule has 1 heterocycles. The number of amides is 1. The first-order chi connectivity index (χ1) is 12.2. The number of nitrogens with one attached hydrogen (secondary N) is 1. The highest BCUT2D eigenvalue weighted by Gasteiger charge is 2.15.